The van der Waals surface area contributed by atoms with Gasteiger partial charge in [0.25, 0.3) is 0 Å². The van der Waals surface area contributed by atoms with Crippen LogP contribution < -0.4 is 0 Å². The molecule has 0 fully saturated rings. The second-order valence-electron chi connectivity index (χ2n) is 7.09. The molecule has 27 heavy (non-hydrogen) atoms. The van der Waals surface area contributed by atoms with Crippen molar-refractivity contribution in [3.8, 4) is 0 Å². The van der Waals surface area contributed by atoms with E-state index >= 15 is 0 Å². The van der Waals surface area contributed by atoms with Crippen LogP contribution in [-0.2, 0) is 12.8 Å². The molecule has 0 saturated heterocycles. The van der Waals surface area contributed by atoms with E-state index in [1.54, 1.807) is 12.1 Å². The summed E-state index contributed by atoms with van der Waals surface area (Å²) in [6.45, 7) is 0. The first-order chi connectivity index (χ1) is 13.0. The molecule has 0 aromatic heterocycles. The zero-order chi connectivity index (χ0) is 19.3. The van der Waals surface area contributed by atoms with Crippen LogP contribution in [0.1, 0.15) is 21.5 Å². The minimum absolute atomic E-state index is 0.000191. The third-order valence-electron chi connectivity index (χ3n) is 5.06. The predicted octanol–water partition coefficient (Wildman–Crippen LogP) is 4.79. The Bertz CT molecular complexity index is 832. The van der Waals surface area contributed by atoms with Crippen LogP contribution in [0.15, 0.2) is 84.9 Å². The summed E-state index contributed by atoms with van der Waals surface area (Å²) in [4.78, 5) is 15.7. The third-order valence-corrected chi connectivity index (χ3v) is 5.06. The maximum Gasteiger partial charge on any atom is 0.183 e. The highest BCUT2D eigenvalue weighted by molar-refractivity contribution is 6.03. The molecule has 2 nitrogen and oxygen atoms in total. The molecule has 0 atom stereocenters. The predicted molar refractivity (Wildman–Crippen MR) is 107 cm³/mol. The summed E-state index contributed by atoms with van der Waals surface area (Å²) in [7, 11) is 3.88. The molecule has 0 heterocycles. The van der Waals surface area contributed by atoms with E-state index in [-0.39, 0.29) is 11.6 Å². The van der Waals surface area contributed by atoms with Gasteiger partial charge >= 0.3 is 0 Å². The molecule has 0 aliphatic rings. The van der Waals surface area contributed by atoms with E-state index in [4.69, 9.17) is 0 Å². The van der Waals surface area contributed by atoms with Crippen molar-refractivity contribution in [1.29, 1.82) is 0 Å². The highest BCUT2D eigenvalue weighted by Gasteiger charge is 2.41. The largest absolute Gasteiger partial charge is 0.296 e. The lowest BCUT2D eigenvalue weighted by atomic mass is 9.77. The van der Waals surface area contributed by atoms with Gasteiger partial charge in [0.1, 0.15) is 5.82 Å². The fourth-order valence-corrected chi connectivity index (χ4v) is 3.48. The smallest absolute Gasteiger partial charge is 0.183 e. The molecule has 0 radical (unpaired) electrons. The molecule has 3 aromatic carbocycles. The standard InChI is InChI=1S/C24H24FNO/c1-26(2)24(17-19-9-5-3-6-10-19,18-20-11-7-4-8-12-20)23(27)21-13-15-22(25)16-14-21/h3-16H,17-18H2,1-2H3. The monoisotopic (exact) mass is 361 g/mol. The minimum Gasteiger partial charge on any atom is -0.296 e. The zero-order valence-corrected chi connectivity index (χ0v) is 15.7. The maximum atomic E-state index is 13.7. The van der Waals surface area contributed by atoms with Crippen LogP contribution in [0.5, 0.6) is 0 Å². The molecule has 0 saturated carbocycles. The number of hydrogen-bond acceptors (Lipinski definition) is 2. The van der Waals surface area contributed by atoms with E-state index in [1.165, 1.54) is 12.1 Å². The Kier molecular flexibility index (Phi) is 5.82. The van der Waals surface area contributed by atoms with Crippen molar-refractivity contribution in [3.63, 3.8) is 0 Å². The highest BCUT2D eigenvalue weighted by atomic mass is 19.1. The van der Waals surface area contributed by atoms with Gasteiger partial charge in [0.15, 0.2) is 5.78 Å². The molecule has 3 aromatic rings. The van der Waals surface area contributed by atoms with Crippen molar-refractivity contribution in [2.75, 3.05) is 14.1 Å². The second kappa shape index (κ2) is 8.28. The second-order valence-corrected chi connectivity index (χ2v) is 7.09. The summed E-state index contributed by atoms with van der Waals surface area (Å²) in [5, 5.41) is 0. The van der Waals surface area contributed by atoms with E-state index in [2.05, 4.69) is 0 Å². The van der Waals surface area contributed by atoms with Crippen molar-refractivity contribution >= 4 is 5.78 Å². The van der Waals surface area contributed by atoms with E-state index in [0.717, 1.165) is 11.1 Å². The number of hydrogen-bond donors (Lipinski definition) is 0. The zero-order valence-electron chi connectivity index (χ0n) is 15.7. The van der Waals surface area contributed by atoms with Crippen LogP contribution in [0.2, 0.25) is 0 Å². The number of Topliss-reactive ketones (excluding diaryl/α,β-unsaturated/α-hetero) is 1. The Labute approximate surface area is 160 Å². The molecule has 0 aliphatic heterocycles. The van der Waals surface area contributed by atoms with Crippen molar-refractivity contribution in [2.45, 2.75) is 18.4 Å². The van der Waals surface area contributed by atoms with Gasteiger partial charge in [-0.3, -0.25) is 9.69 Å². The quantitative estimate of drug-likeness (QED) is 0.564. The molecule has 0 aliphatic carbocycles. The van der Waals surface area contributed by atoms with Gasteiger partial charge in [0, 0.05) is 5.56 Å². The Morgan fingerprint density at radius 3 is 1.63 bits per heavy atom. The lowest BCUT2D eigenvalue weighted by Gasteiger charge is -2.39. The van der Waals surface area contributed by atoms with E-state index in [9.17, 15) is 9.18 Å². The van der Waals surface area contributed by atoms with Crippen molar-refractivity contribution in [1.82, 2.24) is 4.90 Å². The molecular formula is C24H24FNO. The number of carbonyl (C=O) groups excluding carboxylic acids is 1. The summed E-state index contributed by atoms with van der Waals surface area (Å²) < 4.78 is 13.4. The summed E-state index contributed by atoms with van der Waals surface area (Å²) in [6.07, 6.45) is 1.15. The van der Waals surface area contributed by atoms with Gasteiger partial charge in [-0.1, -0.05) is 60.7 Å². The Morgan fingerprint density at radius 2 is 1.22 bits per heavy atom. The highest BCUT2D eigenvalue weighted by Crippen LogP contribution is 2.29. The maximum absolute atomic E-state index is 13.7. The van der Waals surface area contributed by atoms with Crippen LogP contribution in [0.3, 0.4) is 0 Å². The number of benzene rings is 3. The Hall–Kier alpha value is -2.78. The first-order valence-electron chi connectivity index (χ1n) is 9.07. The topological polar surface area (TPSA) is 20.3 Å². The molecule has 138 valence electrons. The van der Waals surface area contributed by atoms with Crippen molar-refractivity contribution < 1.29 is 9.18 Å². The van der Waals surface area contributed by atoms with Gasteiger partial charge < -0.3 is 0 Å². The van der Waals surface area contributed by atoms with Gasteiger partial charge in [-0.2, -0.15) is 0 Å². The number of carbonyl (C=O) groups is 1. The first-order valence-corrected chi connectivity index (χ1v) is 9.07. The summed E-state index contributed by atoms with van der Waals surface area (Å²) in [5.41, 5.74) is 1.95. The molecule has 0 amide bonds. The molecule has 3 rings (SSSR count). The molecule has 0 unspecified atom stereocenters. The van der Waals surface area contributed by atoms with Crippen LogP contribution in [-0.4, -0.2) is 30.3 Å². The fraction of sp³-hybridized carbons (Fsp3) is 0.208. The number of nitrogens with zero attached hydrogens (tertiary/aromatic N) is 1. The Morgan fingerprint density at radius 1 is 0.778 bits per heavy atom. The molecule has 0 bridgehead atoms. The summed E-state index contributed by atoms with van der Waals surface area (Å²) in [5.74, 6) is -0.340. The fourth-order valence-electron chi connectivity index (χ4n) is 3.48. The Balaban J connectivity index is 2.07. The number of likely N-dealkylation sites (N-methyl/N-ethyl adjacent to an activating group) is 1. The van der Waals surface area contributed by atoms with Crippen LogP contribution in [0.4, 0.5) is 4.39 Å². The lowest BCUT2D eigenvalue weighted by Crippen LogP contribution is -2.54. The van der Waals surface area contributed by atoms with Crippen molar-refractivity contribution in [2.24, 2.45) is 0 Å². The van der Waals surface area contributed by atoms with Gasteiger partial charge in [0.05, 0.1) is 5.54 Å². The summed E-state index contributed by atoms with van der Waals surface area (Å²) >= 11 is 0. The van der Waals surface area contributed by atoms with Gasteiger partial charge in [-0.25, -0.2) is 4.39 Å². The van der Waals surface area contributed by atoms with E-state index in [0.29, 0.717) is 18.4 Å². The number of rotatable bonds is 7. The first kappa shape index (κ1) is 19.0. The average Bonchev–Trinajstić information content (AvgIpc) is 2.69. The van der Waals surface area contributed by atoms with E-state index in [1.807, 2.05) is 79.7 Å². The average molecular weight is 361 g/mol. The molecule has 0 spiro atoms. The lowest BCUT2D eigenvalue weighted by molar-refractivity contribution is 0.0676. The van der Waals surface area contributed by atoms with Crippen LogP contribution >= 0.6 is 0 Å². The van der Waals surface area contributed by atoms with Gasteiger partial charge in [0.2, 0.25) is 0 Å². The summed E-state index contributed by atoms with van der Waals surface area (Å²) in [6, 6.07) is 25.9. The van der Waals surface area contributed by atoms with E-state index < -0.39 is 5.54 Å². The molecular weight excluding hydrogens is 337 g/mol. The molecule has 0 N–H and O–H groups in total. The van der Waals surface area contributed by atoms with Crippen LogP contribution in [0, 0.1) is 5.82 Å². The number of halogens is 1. The minimum atomic E-state index is -0.763. The third kappa shape index (κ3) is 4.32. The number of ketones is 1. The molecule has 3 heteroatoms. The van der Waals surface area contributed by atoms with Crippen molar-refractivity contribution in [3.05, 3.63) is 107 Å². The SMILES string of the molecule is CN(C)C(Cc1ccccc1)(Cc1ccccc1)C(=O)c1ccc(F)cc1. The van der Waals surface area contributed by atoms with Gasteiger partial charge in [-0.05, 0) is 62.3 Å². The van der Waals surface area contributed by atoms with Crippen LogP contribution in [0.25, 0.3) is 0 Å². The van der Waals surface area contributed by atoms with Gasteiger partial charge in [-0.15, -0.1) is 0 Å². The normalized spacial score (nSPS) is 11.6.